The largest absolute Gasteiger partial charge is 0.493 e. The number of hydrogen-bond acceptors (Lipinski definition) is 5. The van der Waals surface area contributed by atoms with E-state index in [1.807, 2.05) is 19.9 Å². The van der Waals surface area contributed by atoms with E-state index in [-0.39, 0.29) is 12.6 Å². The molecular weight excluding hydrogens is 348 g/mol. The summed E-state index contributed by atoms with van der Waals surface area (Å²) in [6.07, 6.45) is 2.22. The lowest BCUT2D eigenvalue weighted by Crippen LogP contribution is -2.46. The van der Waals surface area contributed by atoms with Gasteiger partial charge in [0.05, 0.1) is 31.9 Å². The van der Waals surface area contributed by atoms with Gasteiger partial charge in [0.2, 0.25) is 0 Å². The summed E-state index contributed by atoms with van der Waals surface area (Å²) in [6, 6.07) is 4.43. The predicted molar refractivity (Wildman–Crippen MR) is 102 cm³/mol. The first-order valence-electron chi connectivity index (χ1n) is 9.34. The molecule has 1 heterocycles. The Balaban J connectivity index is 2.50. The number of esters is 1. The van der Waals surface area contributed by atoms with Crippen molar-refractivity contribution in [1.29, 1.82) is 0 Å². The van der Waals surface area contributed by atoms with Gasteiger partial charge in [-0.1, -0.05) is 26.3 Å². The number of amides is 2. The van der Waals surface area contributed by atoms with Crippen molar-refractivity contribution in [2.24, 2.45) is 0 Å². The zero-order chi connectivity index (χ0) is 19.8. The molecular formula is C20H28N2O5. The first-order chi connectivity index (χ1) is 13.0. The molecule has 0 spiro atoms. The van der Waals surface area contributed by atoms with Gasteiger partial charge in [-0.05, 0) is 37.5 Å². The molecule has 7 heteroatoms. The van der Waals surface area contributed by atoms with Gasteiger partial charge in [0.25, 0.3) is 0 Å². The lowest BCUT2D eigenvalue weighted by Gasteiger charge is -2.29. The van der Waals surface area contributed by atoms with E-state index in [9.17, 15) is 9.59 Å². The van der Waals surface area contributed by atoms with Crippen LogP contribution in [0, 0.1) is 0 Å². The minimum atomic E-state index is -0.616. The average molecular weight is 376 g/mol. The number of carbonyl (C=O) groups is 2. The molecule has 0 saturated heterocycles. The molecule has 0 aliphatic carbocycles. The Morgan fingerprint density at radius 2 is 1.93 bits per heavy atom. The molecule has 0 bridgehead atoms. The van der Waals surface area contributed by atoms with Crippen LogP contribution >= 0.6 is 0 Å². The van der Waals surface area contributed by atoms with Gasteiger partial charge in [0, 0.05) is 5.70 Å². The van der Waals surface area contributed by atoms with Crippen molar-refractivity contribution in [2.45, 2.75) is 46.1 Å². The Morgan fingerprint density at radius 3 is 2.56 bits per heavy atom. The highest BCUT2D eigenvalue weighted by Crippen LogP contribution is 2.35. The molecule has 2 N–H and O–H groups in total. The lowest BCUT2D eigenvalue weighted by atomic mass is 9.93. The normalized spacial score (nSPS) is 16.4. The second kappa shape index (κ2) is 9.85. The number of allylic oxidation sites excluding steroid dienone is 1. The smallest absolute Gasteiger partial charge is 0.338 e. The molecule has 0 fully saturated rings. The number of carbonyl (C=O) groups excluding carboxylic acids is 2. The Bertz CT molecular complexity index is 714. The summed E-state index contributed by atoms with van der Waals surface area (Å²) < 4.78 is 16.4. The van der Waals surface area contributed by atoms with Crippen LogP contribution < -0.4 is 20.1 Å². The second-order valence-electron chi connectivity index (χ2n) is 6.15. The van der Waals surface area contributed by atoms with Crippen molar-refractivity contribution >= 4 is 12.0 Å². The lowest BCUT2D eigenvalue weighted by molar-refractivity contribution is -0.139. The third-order valence-corrected chi connectivity index (χ3v) is 4.13. The van der Waals surface area contributed by atoms with Gasteiger partial charge in [0.1, 0.15) is 0 Å². The number of hydrogen-bond donors (Lipinski definition) is 2. The summed E-state index contributed by atoms with van der Waals surface area (Å²) in [5, 5.41) is 5.58. The van der Waals surface area contributed by atoms with E-state index in [1.54, 1.807) is 26.2 Å². The fourth-order valence-corrected chi connectivity index (χ4v) is 2.96. The van der Waals surface area contributed by atoms with E-state index in [0.717, 1.165) is 18.4 Å². The van der Waals surface area contributed by atoms with Crippen molar-refractivity contribution in [3.8, 4) is 11.5 Å². The molecule has 1 aliphatic heterocycles. The Morgan fingerprint density at radius 1 is 1.15 bits per heavy atom. The number of urea groups is 1. The molecule has 0 aromatic heterocycles. The van der Waals surface area contributed by atoms with Crippen molar-refractivity contribution in [1.82, 2.24) is 10.6 Å². The quantitative estimate of drug-likeness (QED) is 0.645. The van der Waals surface area contributed by atoms with E-state index in [0.29, 0.717) is 35.8 Å². The van der Waals surface area contributed by atoms with Gasteiger partial charge in [0.15, 0.2) is 11.5 Å². The van der Waals surface area contributed by atoms with Crippen LogP contribution in [0.5, 0.6) is 11.5 Å². The highest BCUT2D eigenvalue weighted by molar-refractivity contribution is 5.95. The highest BCUT2D eigenvalue weighted by atomic mass is 16.5. The molecule has 1 aromatic rings. The molecule has 2 amide bonds. The number of methoxy groups -OCH3 is 1. The minimum Gasteiger partial charge on any atom is -0.493 e. The van der Waals surface area contributed by atoms with Gasteiger partial charge < -0.3 is 24.8 Å². The SMILES string of the molecule is CCCOc1cc(C2NC(=O)NC(CCC)=C2C(=O)OCC)ccc1OC. The third kappa shape index (κ3) is 4.93. The summed E-state index contributed by atoms with van der Waals surface area (Å²) in [5.74, 6) is 0.734. The van der Waals surface area contributed by atoms with Gasteiger partial charge in [-0.2, -0.15) is 0 Å². The van der Waals surface area contributed by atoms with E-state index in [4.69, 9.17) is 14.2 Å². The van der Waals surface area contributed by atoms with Crippen LogP contribution in [0.2, 0.25) is 0 Å². The topological polar surface area (TPSA) is 85.9 Å². The monoisotopic (exact) mass is 376 g/mol. The van der Waals surface area contributed by atoms with Crippen molar-refractivity contribution in [2.75, 3.05) is 20.3 Å². The standard InChI is InChI=1S/C20H28N2O5/c1-5-8-14-17(19(23)26-7-3)18(22-20(24)21-14)13-9-10-15(25-4)16(12-13)27-11-6-2/h9-10,12,18H,5-8,11H2,1-4H3,(H2,21,22,24). The number of ether oxygens (including phenoxy) is 3. The molecule has 7 nitrogen and oxygen atoms in total. The predicted octanol–water partition coefficient (Wildman–Crippen LogP) is 3.46. The average Bonchev–Trinajstić information content (AvgIpc) is 2.66. The van der Waals surface area contributed by atoms with Crippen LogP contribution in [0.1, 0.15) is 51.6 Å². The van der Waals surface area contributed by atoms with E-state index < -0.39 is 12.0 Å². The summed E-state index contributed by atoms with van der Waals surface area (Å²) in [5.41, 5.74) is 1.75. The number of nitrogens with one attached hydrogen (secondary N) is 2. The zero-order valence-corrected chi connectivity index (χ0v) is 16.4. The molecule has 1 atom stereocenters. The molecule has 0 radical (unpaired) electrons. The van der Waals surface area contributed by atoms with Crippen LogP contribution in [0.3, 0.4) is 0 Å². The van der Waals surface area contributed by atoms with Crippen molar-refractivity contribution < 1.29 is 23.8 Å². The van der Waals surface area contributed by atoms with E-state index in [2.05, 4.69) is 10.6 Å². The van der Waals surface area contributed by atoms with Crippen LogP contribution in [0.25, 0.3) is 0 Å². The first-order valence-corrected chi connectivity index (χ1v) is 9.34. The second-order valence-corrected chi connectivity index (χ2v) is 6.15. The Labute approximate surface area is 160 Å². The molecule has 1 aliphatic rings. The molecule has 27 heavy (non-hydrogen) atoms. The zero-order valence-electron chi connectivity index (χ0n) is 16.4. The van der Waals surface area contributed by atoms with Crippen molar-refractivity contribution in [3.63, 3.8) is 0 Å². The first kappa shape index (κ1) is 20.6. The Kier molecular flexibility index (Phi) is 7.52. The van der Waals surface area contributed by atoms with Crippen LogP contribution in [0.15, 0.2) is 29.5 Å². The summed E-state index contributed by atoms with van der Waals surface area (Å²) >= 11 is 0. The number of rotatable bonds is 9. The Hall–Kier alpha value is -2.70. The summed E-state index contributed by atoms with van der Waals surface area (Å²) in [4.78, 5) is 24.8. The van der Waals surface area contributed by atoms with E-state index in [1.165, 1.54) is 0 Å². The van der Waals surface area contributed by atoms with Gasteiger partial charge in [-0.3, -0.25) is 0 Å². The van der Waals surface area contributed by atoms with Crippen LogP contribution in [-0.2, 0) is 9.53 Å². The van der Waals surface area contributed by atoms with Gasteiger partial charge in [-0.25, -0.2) is 9.59 Å². The molecule has 1 aromatic carbocycles. The third-order valence-electron chi connectivity index (χ3n) is 4.13. The maximum atomic E-state index is 12.6. The van der Waals surface area contributed by atoms with Gasteiger partial charge >= 0.3 is 12.0 Å². The fraction of sp³-hybridized carbons (Fsp3) is 0.500. The molecule has 0 saturated carbocycles. The van der Waals surface area contributed by atoms with E-state index >= 15 is 0 Å². The van der Waals surface area contributed by atoms with Crippen LogP contribution in [0.4, 0.5) is 4.79 Å². The maximum absolute atomic E-state index is 12.6. The number of benzene rings is 1. The van der Waals surface area contributed by atoms with Crippen molar-refractivity contribution in [3.05, 3.63) is 35.0 Å². The fourth-order valence-electron chi connectivity index (χ4n) is 2.96. The molecule has 148 valence electrons. The maximum Gasteiger partial charge on any atom is 0.338 e. The highest BCUT2D eigenvalue weighted by Gasteiger charge is 2.33. The minimum absolute atomic E-state index is 0.260. The molecule has 1 unspecified atom stereocenters. The molecule has 2 rings (SSSR count). The van der Waals surface area contributed by atoms with Crippen LogP contribution in [-0.4, -0.2) is 32.3 Å². The van der Waals surface area contributed by atoms with Gasteiger partial charge in [-0.15, -0.1) is 0 Å². The summed E-state index contributed by atoms with van der Waals surface area (Å²) in [6.45, 7) is 6.56. The summed E-state index contributed by atoms with van der Waals surface area (Å²) in [7, 11) is 1.57.